The predicted molar refractivity (Wildman–Crippen MR) is 45.2 cm³/mol. The van der Waals surface area contributed by atoms with Crippen molar-refractivity contribution >= 4 is 6.29 Å². The molecular weight excluding hydrogens is 173 g/mol. The Bertz CT molecular complexity index is 326. The van der Waals surface area contributed by atoms with Crippen LogP contribution >= 0.6 is 0 Å². The third-order valence-electron chi connectivity index (χ3n) is 1.82. The Morgan fingerprint density at radius 1 is 1.62 bits per heavy atom. The molecule has 0 aliphatic heterocycles. The summed E-state index contributed by atoms with van der Waals surface area (Å²) >= 11 is 0. The van der Waals surface area contributed by atoms with E-state index in [1.54, 1.807) is 6.92 Å². The average Bonchev–Trinajstić information content (AvgIpc) is 2.11. The van der Waals surface area contributed by atoms with E-state index < -0.39 is 0 Å². The van der Waals surface area contributed by atoms with Crippen LogP contribution in [0.4, 0.5) is 4.39 Å². The first-order valence-corrected chi connectivity index (χ1v) is 3.80. The number of aryl methyl sites for hydroxylation is 1. The maximum absolute atomic E-state index is 13.0. The molecule has 1 rings (SSSR count). The molecule has 2 N–H and O–H groups in total. The molecule has 0 unspecified atom stereocenters. The van der Waals surface area contributed by atoms with E-state index in [-0.39, 0.29) is 12.4 Å². The first kappa shape index (κ1) is 9.83. The zero-order chi connectivity index (χ0) is 9.84. The molecule has 1 aromatic rings. The molecule has 0 spiro atoms. The molecular formula is C9H10FNO2. The molecule has 0 saturated heterocycles. The van der Waals surface area contributed by atoms with Crippen LogP contribution in [0, 0.1) is 12.7 Å². The lowest BCUT2D eigenvalue weighted by Crippen LogP contribution is -2.09. The highest BCUT2D eigenvalue weighted by atomic mass is 19.1. The first-order valence-electron chi connectivity index (χ1n) is 3.80. The van der Waals surface area contributed by atoms with Crippen LogP contribution in [0.1, 0.15) is 21.5 Å². The van der Waals surface area contributed by atoms with Gasteiger partial charge in [-0.05, 0) is 30.2 Å². The number of aldehydes is 1. The normalized spacial score (nSPS) is 10.1. The zero-order valence-electron chi connectivity index (χ0n) is 7.17. The van der Waals surface area contributed by atoms with E-state index in [1.807, 2.05) is 5.48 Å². The third kappa shape index (κ3) is 2.11. The number of hydrogen-bond donors (Lipinski definition) is 2. The van der Waals surface area contributed by atoms with Gasteiger partial charge in [-0.15, -0.1) is 0 Å². The lowest BCUT2D eigenvalue weighted by atomic mass is 10.1. The molecule has 0 aliphatic rings. The summed E-state index contributed by atoms with van der Waals surface area (Å²) in [7, 11) is 0. The van der Waals surface area contributed by atoms with Crippen LogP contribution in [-0.4, -0.2) is 11.5 Å². The number of nitrogens with one attached hydrogen (secondary N) is 1. The number of hydrogen-bond acceptors (Lipinski definition) is 3. The minimum atomic E-state index is -0.379. The summed E-state index contributed by atoms with van der Waals surface area (Å²) in [5.74, 6) is -0.379. The van der Waals surface area contributed by atoms with Crippen molar-refractivity contribution in [1.82, 2.24) is 5.48 Å². The standard InChI is InChI=1S/C9H10FNO2/c1-6-2-8(5-12)7(4-11-13)3-9(6)10/h2-3,5,11,13H,4H2,1H3. The van der Waals surface area contributed by atoms with Crippen molar-refractivity contribution in [3.05, 3.63) is 34.6 Å². The Morgan fingerprint density at radius 3 is 2.85 bits per heavy atom. The van der Waals surface area contributed by atoms with Crippen LogP contribution in [0.3, 0.4) is 0 Å². The molecule has 4 heteroatoms. The van der Waals surface area contributed by atoms with E-state index in [0.717, 1.165) is 0 Å². The predicted octanol–water partition coefficient (Wildman–Crippen LogP) is 1.43. The fourth-order valence-corrected chi connectivity index (χ4v) is 1.09. The van der Waals surface area contributed by atoms with E-state index in [4.69, 9.17) is 5.21 Å². The monoisotopic (exact) mass is 183 g/mol. The van der Waals surface area contributed by atoms with E-state index >= 15 is 0 Å². The first-order chi connectivity index (χ1) is 6.19. The second-order valence-electron chi connectivity index (χ2n) is 2.75. The van der Waals surface area contributed by atoms with E-state index in [2.05, 4.69) is 0 Å². The fraction of sp³-hybridized carbons (Fsp3) is 0.222. The van der Waals surface area contributed by atoms with Gasteiger partial charge < -0.3 is 5.21 Å². The quantitative estimate of drug-likeness (QED) is 0.550. The van der Waals surface area contributed by atoms with Gasteiger partial charge in [0.2, 0.25) is 0 Å². The van der Waals surface area contributed by atoms with Crippen molar-refractivity contribution in [2.75, 3.05) is 0 Å². The van der Waals surface area contributed by atoms with Gasteiger partial charge in [0, 0.05) is 12.1 Å². The summed E-state index contributed by atoms with van der Waals surface area (Å²) in [4.78, 5) is 10.5. The van der Waals surface area contributed by atoms with Gasteiger partial charge in [0.25, 0.3) is 0 Å². The van der Waals surface area contributed by atoms with Gasteiger partial charge >= 0.3 is 0 Å². The number of halogens is 1. The number of hydroxylamine groups is 1. The summed E-state index contributed by atoms with van der Waals surface area (Å²) in [5.41, 5.74) is 3.13. The fourth-order valence-electron chi connectivity index (χ4n) is 1.09. The third-order valence-corrected chi connectivity index (χ3v) is 1.82. The van der Waals surface area contributed by atoms with Crippen molar-refractivity contribution < 1.29 is 14.4 Å². The molecule has 1 aromatic carbocycles. The minimum Gasteiger partial charge on any atom is -0.316 e. The van der Waals surface area contributed by atoms with Crippen molar-refractivity contribution in [2.45, 2.75) is 13.5 Å². The van der Waals surface area contributed by atoms with Crippen LogP contribution in [0.5, 0.6) is 0 Å². The van der Waals surface area contributed by atoms with Gasteiger partial charge in [0.05, 0.1) is 0 Å². The van der Waals surface area contributed by atoms with Gasteiger partial charge in [0.15, 0.2) is 0 Å². The lowest BCUT2D eigenvalue weighted by Gasteiger charge is -2.05. The van der Waals surface area contributed by atoms with Gasteiger partial charge in [-0.3, -0.25) is 4.79 Å². The van der Waals surface area contributed by atoms with Crippen LogP contribution in [-0.2, 0) is 6.54 Å². The number of rotatable bonds is 3. The second kappa shape index (κ2) is 4.11. The molecule has 0 fully saturated rings. The molecule has 70 valence electrons. The van der Waals surface area contributed by atoms with Crippen molar-refractivity contribution in [3.63, 3.8) is 0 Å². The number of benzene rings is 1. The van der Waals surface area contributed by atoms with Crippen molar-refractivity contribution in [2.24, 2.45) is 0 Å². The smallest absolute Gasteiger partial charge is 0.150 e. The molecule has 13 heavy (non-hydrogen) atoms. The topological polar surface area (TPSA) is 49.3 Å². The molecule has 0 saturated carbocycles. The van der Waals surface area contributed by atoms with Crippen LogP contribution < -0.4 is 5.48 Å². The number of carbonyl (C=O) groups is 1. The Kier molecular flexibility index (Phi) is 3.11. The Balaban J connectivity index is 3.16. The summed E-state index contributed by atoms with van der Waals surface area (Å²) in [6, 6.07) is 2.69. The van der Waals surface area contributed by atoms with Crippen LogP contribution in [0.15, 0.2) is 12.1 Å². The van der Waals surface area contributed by atoms with E-state index in [0.29, 0.717) is 23.0 Å². The number of carbonyl (C=O) groups excluding carboxylic acids is 1. The van der Waals surface area contributed by atoms with Crippen molar-refractivity contribution in [1.29, 1.82) is 0 Å². The van der Waals surface area contributed by atoms with Gasteiger partial charge in [-0.1, -0.05) is 0 Å². The molecule has 3 nitrogen and oxygen atoms in total. The summed E-state index contributed by atoms with van der Waals surface area (Å²) in [6.07, 6.45) is 0.638. The van der Waals surface area contributed by atoms with Gasteiger partial charge in [-0.2, -0.15) is 0 Å². The van der Waals surface area contributed by atoms with Crippen LogP contribution in [0.25, 0.3) is 0 Å². The highest BCUT2D eigenvalue weighted by molar-refractivity contribution is 5.77. The molecule has 0 radical (unpaired) electrons. The highest BCUT2D eigenvalue weighted by Crippen LogP contribution is 2.13. The SMILES string of the molecule is Cc1cc(C=O)c(CNO)cc1F. The summed E-state index contributed by atoms with van der Waals surface area (Å²) < 4.78 is 13.0. The largest absolute Gasteiger partial charge is 0.316 e. The zero-order valence-corrected chi connectivity index (χ0v) is 7.17. The second-order valence-corrected chi connectivity index (χ2v) is 2.75. The Labute approximate surface area is 75.2 Å². The van der Waals surface area contributed by atoms with E-state index in [1.165, 1.54) is 12.1 Å². The maximum Gasteiger partial charge on any atom is 0.150 e. The van der Waals surface area contributed by atoms with Crippen molar-refractivity contribution in [3.8, 4) is 0 Å². The minimum absolute atomic E-state index is 0.0608. The summed E-state index contributed by atoms with van der Waals surface area (Å²) in [6.45, 7) is 1.64. The molecule has 0 amide bonds. The molecule has 0 aromatic heterocycles. The maximum atomic E-state index is 13.0. The average molecular weight is 183 g/mol. The van der Waals surface area contributed by atoms with Crippen LogP contribution in [0.2, 0.25) is 0 Å². The van der Waals surface area contributed by atoms with Gasteiger partial charge in [-0.25, -0.2) is 9.87 Å². The van der Waals surface area contributed by atoms with Gasteiger partial charge in [0.1, 0.15) is 12.1 Å². The highest BCUT2D eigenvalue weighted by Gasteiger charge is 2.05. The van der Waals surface area contributed by atoms with E-state index in [9.17, 15) is 9.18 Å². The lowest BCUT2D eigenvalue weighted by molar-refractivity contribution is 0.112. The Hall–Kier alpha value is -1.26. The molecule has 0 aliphatic carbocycles. The Morgan fingerprint density at radius 2 is 2.31 bits per heavy atom. The summed E-state index contributed by atoms with van der Waals surface area (Å²) in [5, 5.41) is 8.41. The molecule has 0 atom stereocenters. The molecule has 0 heterocycles. The molecule has 0 bridgehead atoms.